The van der Waals surface area contributed by atoms with Crippen molar-refractivity contribution in [2.45, 2.75) is 19.8 Å². The van der Waals surface area contributed by atoms with Crippen molar-refractivity contribution in [3.05, 3.63) is 72.8 Å². The van der Waals surface area contributed by atoms with E-state index in [4.69, 9.17) is 10.5 Å². The van der Waals surface area contributed by atoms with Crippen LogP contribution in [-0.2, 0) is 18.3 Å². The van der Waals surface area contributed by atoms with Crippen LogP contribution < -0.4 is 26.7 Å². The Hall–Kier alpha value is -3.41. The van der Waals surface area contributed by atoms with E-state index >= 15 is 0 Å². The standard InChI is InChI=1S/C23H20FIN4O4/c1-11-7-16-13(4-6-19(30)27-16)17(8-11)33-18-10-20(31)29(2)23(21(18)22(26)32)28-15-5-3-12(25)9-14(15)24/h3,5,7-10,28H,4,6H2,1-2H3,(H2,26,32)(H,27,30). The lowest BCUT2D eigenvalue weighted by molar-refractivity contribution is -0.116. The summed E-state index contributed by atoms with van der Waals surface area (Å²) < 4.78 is 22.4. The number of nitrogens with zero attached hydrogens (tertiary/aromatic N) is 1. The number of pyridine rings is 1. The maximum atomic E-state index is 14.5. The highest BCUT2D eigenvalue weighted by molar-refractivity contribution is 14.1. The first kappa shape index (κ1) is 22.8. The number of fused-ring (bicyclic) bond motifs is 1. The summed E-state index contributed by atoms with van der Waals surface area (Å²) in [5.41, 5.74) is 7.31. The van der Waals surface area contributed by atoms with Crippen LogP contribution in [0.3, 0.4) is 0 Å². The number of nitrogens with one attached hydrogen (secondary N) is 2. The molecule has 3 aromatic rings. The molecule has 0 fully saturated rings. The fraction of sp³-hybridized carbons (Fsp3) is 0.174. The van der Waals surface area contributed by atoms with E-state index in [0.717, 1.165) is 21.8 Å². The van der Waals surface area contributed by atoms with E-state index in [1.54, 1.807) is 12.1 Å². The third-order valence-corrected chi connectivity index (χ3v) is 5.95. The van der Waals surface area contributed by atoms with E-state index in [-0.39, 0.29) is 35.1 Å². The summed E-state index contributed by atoms with van der Waals surface area (Å²) >= 11 is 1.98. The largest absolute Gasteiger partial charge is 0.456 e. The molecule has 0 spiro atoms. The van der Waals surface area contributed by atoms with Crippen LogP contribution in [0.4, 0.5) is 21.6 Å². The second kappa shape index (κ2) is 8.85. The summed E-state index contributed by atoms with van der Waals surface area (Å²) in [4.78, 5) is 37.0. The molecule has 2 amide bonds. The summed E-state index contributed by atoms with van der Waals surface area (Å²) in [7, 11) is 1.44. The van der Waals surface area contributed by atoms with Crippen LogP contribution in [-0.4, -0.2) is 16.4 Å². The number of anilines is 3. The van der Waals surface area contributed by atoms with Crippen LogP contribution in [0.1, 0.15) is 27.9 Å². The number of carbonyl (C=O) groups is 2. The van der Waals surface area contributed by atoms with Gasteiger partial charge in [0.1, 0.15) is 28.7 Å². The van der Waals surface area contributed by atoms with Gasteiger partial charge in [0.15, 0.2) is 0 Å². The molecule has 170 valence electrons. The fourth-order valence-electron chi connectivity index (χ4n) is 3.67. The molecular formula is C23H20FIN4O4. The van der Waals surface area contributed by atoms with Crippen LogP contribution in [0.2, 0.25) is 0 Å². The lowest BCUT2D eigenvalue weighted by atomic mass is 10.00. The van der Waals surface area contributed by atoms with Gasteiger partial charge in [0.2, 0.25) is 5.91 Å². The molecule has 1 aliphatic heterocycles. The highest BCUT2D eigenvalue weighted by Gasteiger charge is 2.24. The molecule has 2 aromatic carbocycles. The van der Waals surface area contributed by atoms with E-state index in [9.17, 15) is 18.8 Å². The Labute approximate surface area is 202 Å². The lowest BCUT2D eigenvalue weighted by Crippen LogP contribution is -2.25. The zero-order valence-corrected chi connectivity index (χ0v) is 19.9. The van der Waals surface area contributed by atoms with Crippen LogP contribution in [0.25, 0.3) is 0 Å². The van der Waals surface area contributed by atoms with Crippen molar-refractivity contribution in [3.63, 3.8) is 0 Å². The van der Waals surface area contributed by atoms with Crippen molar-refractivity contribution in [2.75, 3.05) is 10.6 Å². The molecule has 0 unspecified atom stereocenters. The van der Waals surface area contributed by atoms with Gasteiger partial charge in [-0.05, 0) is 71.8 Å². The van der Waals surface area contributed by atoms with Crippen molar-refractivity contribution in [2.24, 2.45) is 12.8 Å². The summed E-state index contributed by atoms with van der Waals surface area (Å²) in [6.07, 6.45) is 0.719. The maximum Gasteiger partial charge on any atom is 0.256 e. The Kier molecular flexibility index (Phi) is 6.11. The van der Waals surface area contributed by atoms with Crippen molar-refractivity contribution in [3.8, 4) is 11.5 Å². The summed E-state index contributed by atoms with van der Waals surface area (Å²) in [6.45, 7) is 1.83. The number of halogens is 2. The van der Waals surface area contributed by atoms with E-state index in [1.165, 1.54) is 19.2 Å². The van der Waals surface area contributed by atoms with Gasteiger partial charge in [-0.2, -0.15) is 0 Å². The van der Waals surface area contributed by atoms with Crippen LogP contribution >= 0.6 is 22.6 Å². The molecular weight excluding hydrogens is 542 g/mol. The highest BCUT2D eigenvalue weighted by atomic mass is 127. The molecule has 1 aromatic heterocycles. The monoisotopic (exact) mass is 562 g/mol. The smallest absolute Gasteiger partial charge is 0.256 e. The van der Waals surface area contributed by atoms with Crippen molar-refractivity contribution in [1.82, 2.24) is 4.57 Å². The molecule has 0 radical (unpaired) electrons. The summed E-state index contributed by atoms with van der Waals surface area (Å²) in [6, 6.07) is 9.24. The number of rotatable bonds is 5. The van der Waals surface area contributed by atoms with Crippen LogP contribution in [0.5, 0.6) is 11.5 Å². The SMILES string of the molecule is Cc1cc2c(c(Oc3cc(=O)n(C)c(Nc4ccc(I)cc4F)c3C(N)=O)c1)CCC(=O)N2. The van der Waals surface area contributed by atoms with Crippen molar-refractivity contribution >= 4 is 51.6 Å². The molecule has 0 aliphatic carbocycles. The number of benzene rings is 2. The van der Waals surface area contributed by atoms with Crippen molar-refractivity contribution < 1.29 is 18.7 Å². The number of ether oxygens (including phenoxy) is 1. The average Bonchev–Trinajstić information content (AvgIpc) is 2.72. The molecule has 8 nitrogen and oxygen atoms in total. The zero-order chi connectivity index (χ0) is 23.9. The number of hydrogen-bond donors (Lipinski definition) is 3. The molecule has 1 aliphatic rings. The molecule has 10 heteroatoms. The van der Waals surface area contributed by atoms with E-state index in [0.29, 0.717) is 21.4 Å². The highest BCUT2D eigenvalue weighted by Crippen LogP contribution is 2.38. The Morgan fingerprint density at radius 1 is 1.18 bits per heavy atom. The number of aryl methyl sites for hydroxylation is 1. The number of amides is 2. The third-order valence-electron chi connectivity index (χ3n) is 5.28. The number of primary amides is 1. The Morgan fingerprint density at radius 3 is 2.64 bits per heavy atom. The number of nitrogens with two attached hydrogens (primary N) is 1. The molecule has 0 saturated carbocycles. The summed E-state index contributed by atoms with van der Waals surface area (Å²) in [5, 5.41) is 5.62. The Bertz CT molecular complexity index is 1370. The topological polar surface area (TPSA) is 115 Å². The Balaban J connectivity index is 1.84. The van der Waals surface area contributed by atoms with Gasteiger partial charge in [0, 0.05) is 34.4 Å². The number of aromatic nitrogens is 1. The van der Waals surface area contributed by atoms with E-state index < -0.39 is 17.3 Å². The molecule has 0 saturated heterocycles. The number of hydrogen-bond acceptors (Lipinski definition) is 5. The van der Waals surface area contributed by atoms with Gasteiger partial charge in [-0.15, -0.1) is 0 Å². The van der Waals surface area contributed by atoms with Gasteiger partial charge in [-0.1, -0.05) is 0 Å². The molecule has 0 atom stereocenters. The Morgan fingerprint density at radius 2 is 1.94 bits per heavy atom. The van der Waals surface area contributed by atoms with Crippen LogP contribution in [0.15, 0.2) is 41.2 Å². The normalized spacial score (nSPS) is 12.7. The van der Waals surface area contributed by atoms with E-state index in [2.05, 4.69) is 10.6 Å². The first-order valence-corrected chi connectivity index (χ1v) is 11.1. The van der Waals surface area contributed by atoms with Gasteiger partial charge >= 0.3 is 0 Å². The lowest BCUT2D eigenvalue weighted by Gasteiger charge is -2.22. The van der Waals surface area contributed by atoms with E-state index in [1.807, 2.05) is 35.6 Å². The summed E-state index contributed by atoms with van der Waals surface area (Å²) in [5.74, 6) is -1.18. The first-order valence-electron chi connectivity index (χ1n) is 10.0. The minimum Gasteiger partial charge on any atom is -0.456 e. The second-order valence-corrected chi connectivity index (χ2v) is 8.93. The van der Waals surface area contributed by atoms with Gasteiger partial charge in [0.25, 0.3) is 11.5 Å². The molecule has 4 rings (SSSR count). The third kappa shape index (κ3) is 4.56. The molecule has 4 N–H and O–H groups in total. The van der Waals surface area contributed by atoms with Gasteiger partial charge in [0.05, 0.1) is 5.69 Å². The molecule has 2 heterocycles. The second-order valence-electron chi connectivity index (χ2n) is 7.68. The zero-order valence-electron chi connectivity index (χ0n) is 17.8. The number of carbonyl (C=O) groups excluding carboxylic acids is 2. The minimum absolute atomic E-state index is 0.0000633. The molecule has 0 bridgehead atoms. The van der Waals surface area contributed by atoms with Gasteiger partial charge in [-0.3, -0.25) is 19.0 Å². The first-order chi connectivity index (χ1) is 15.6. The average molecular weight is 562 g/mol. The van der Waals surface area contributed by atoms with Crippen LogP contribution in [0, 0.1) is 16.3 Å². The minimum atomic E-state index is -0.858. The predicted octanol–water partition coefficient (Wildman–Crippen LogP) is 3.96. The quantitative estimate of drug-likeness (QED) is 0.408. The fourth-order valence-corrected chi connectivity index (χ4v) is 4.13. The van der Waals surface area contributed by atoms with Crippen molar-refractivity contribution in [1.29, 1.82) is 0 Å². The van der Waals surface area contributed by atoms with Gasteiger partial charge < -0.3 is 21.1 Å². The predicted molar refractivity (Wildman–Crippen MR) is 131 cm³/mol. The van der Waals surface area contributed by atoms with Gasteiger partial charge in [-0.25, -0.2) is 4.39 Å². The molecule has 33 heavy (non-hydrogen) atoms. The maximum absolute atomic E-state index is 14.5.